The summed E-state index contributed by atoms with van der Waals surface area (Å²) in [5.41, 5.74) is 1.15. The number of hydrogen-bond donors (Lipinski definition) is 1. The zero-order valence-electron chi connectivity index (χ0n) is 12.1. The Hall–Kier alpha value is -1.40. The van der Waals surface area contributed by atoms with Gasteiger partial charge in [-0.05, 0) is 33.1 Å². The van der Waals surface area contributed by atoms with E-state index < -0.39 is 0 Å². The van der Waals surface area contributed by atoms with Crippen LogP contribution in [0.2, 0.25) is 0 Å². The van der Waals surface area contributed by atoms with Gasteiger partial charge < -0.3 is 19.3 Å². The van der Waals surface area contributed by atoms with Crippen molar-refractivity contribution in [2.24, 2.45) is 0 Å². The first kappa shape index (κ1) is 15.0. The fraction of sp³-hybridized carbons (Fsp3) is 0.714. The number of ether oxygens (including phenoxy) is 2. The lowest BCUT2D eigenvalue weighted by Gasteiger charge is -2.10. The Labute approximate surface area is 118 Å². The number of aromatic nitrogens is 1. The summed E-state index contributed by atoms with van der Waals surface area (Å²) in [5.74, 6) is 0.412. The van der Waals surface area contributed by atoms with Crippen LogP contribution in [0.25, 0.3) is 0 Å². The molecule has 1 aromatic heterocycles. The number of aryl methyl sites for hydroxylation is 2. The molecule has 1 atom stereocenters. The van der Waals surface area contributed by atoms with Crippen molar-refractivity contribution in [1.29, 1.82) is 0 Å². The lowest BCUT2D eigenvalue weighted by atomic mass is 10.2. The van der Waals surface area contributed by atoms with Gasteiger partial charge in [0.25, 0.3) is 5.91 Å². The average Bonchev–Trinajstić information content (AvgIpc) is 3.04. The normalized spacial score (nSPS) is 18.4. The van der Waals surface area contributed by atoms with Gasteiger partial charge in [-0.25, -0.2) is 0 Å². The molecule has 0 spiro atoms. The van der Waals surface area contributed by atoms with Gasteiger partial charge in [0.1, 0.15) is 11.3 Å². The lowest BCUT2D eigenvalue weighted by Crippen LogP contribution is -2.26. The largest absolute Gasteiger partial charge is 0.379 e. The van der Waals surface area contributed by atoms with Crippen LogP contribution in [0.15, 0.2) is 4.52 Å². The Morgan fingerprint density at radius 2 is 2.35 bits per heavy atom. The second kappa shape index (κ2) is 7.40. The lowest BCUT2D eigenvalue weighted by molar-refractivity contribution is 0.0166. The first-order chi connectivity index (χ1) is 9.68. The summed E-state index contributed by atoms with van der Waals surface area (Å²) in [6.45, 7) is 6.20. The number of hydrogen-bond acceptors (Lipinski definition) is 5. The van der Waals surface area contributed by atoms with Crippen LogP contribution in [0.1, 0.15) is 41.1 Å². The van der Waals surface area contributed by atoms with Crippen molar-refractivity contribution < 1.29 is 18.8 Å². The molecule has 0 aliphatic carbocycles. The Kier molecular flexibility index (Phi) is 5.55. The highest BCUT2D eigenvalue weighted by Gasteiger charge is 2.17. The van der Waals surface area contributed by atoms with E-state index in [-0.39, 0.29) is 12.0 Å². The van der Waals surface area contributed by atoms with Gasteiger partial charge in [-0.2, -0.15) is 0 Å². The van der Waals surface area contributed by atoms with Crippen LogP contribution in [0.3, 0.4) is 0 Å². The molecule has 20 heavy (non-hydrogen) atoms. The van der Waals surface area contributed by atoms with E-state index in [2.05, 4.69) is 10.5 Å². The van der Waals surface area contributed by atoms with Crippen LogP contribution in [0.5, 0.6) is 0 Å². The van der Waals surface area contributed by atoms with Crippen molar-refractivity contribution in [3.8, 4) is 0 Å². The van der Waals surface area contributed by atoms with E-state index in [1.165, 1.54) is 0 Å². The summed E-state index contributed by atoms with van der Waals surface area (Å²) in [6, 6.07) is 0. The van der Waals surface area contributed by atoms with Gasteiger partial charge in [-0.1, -0.05) is 5.16 Å². The van der Waals surface area contributed by atoms with Crippen molar-refractivity contribution in [2.45, 2.75) is 39.2 Å². The highest BCUT2D eigenvalue weighted by atomic mass is 16.5. The quantitative estimate of drug-likeness (QED) is 0.769. The molecular formula is C14H22N2O4. The van der Waals surface area contributed by atoms with Crippen LogP contribution in [-0.2, 0) is 9.47 Å². The predicted octanol–water partition coefficient (Wildman–Crippen LogP) is 1.61. The summed E-state index contributed by atoms with van der Waals surface area (Å²) < 4.78 is 16.0. The maximum atomic E-state index is 11.9. The first-order valence-corrected chi connectivity index (χ1v) is 7.09. The number of rotatable bonds is 7. The molecule has 6 nitrogen and oxygen atoms in total. The topological polar surface area (TPSA) is 73.6 Å². The zero-order valence-corrected chi connectivity index (χ0v) is 12.1. The maximum absolute atomic E-state index is 11.9. The Morgan fingerprint density at radius 3 is 3.00 bits per heavy atom. The third-order valence-corrected chi connectivity index (χ3v) is 3.34. The minimum absolute atomic E-state index is 0.139. The third-order valence-electron chi connectivity index (χ3n) is 3.34. The molecule has 1 saturated heterocycles. The van der Waals surface area contributed by atoms with Crippen LogP contribution in [-0.4, -0.2) is 43.5 Å². The molecule has 6 heteroatoms. The summed E-state index contributed by atoms with van der Waals surface area (Å²) >= 11 is 0. The van der Waals surface area contributed by atoms with Crippen molar-refractivity contribution >= 4 is 5.91 Å². The summed E-state index contributed by atoms with van der Waals surface area (Å²) in [4.78, 5) is 11.9. The van der Waals surface area contributed by atoms with Gasteiger partial charge in [-0.15, -0.1) is 0 Å². The zero-order chi connectivity index (χ0) is 14.4. The van der Waals surface area contributed by atoms with Crippen LogP contribution in [0.4, 0.5) is 0 Å². The molecule has 112 valence electrons. The number of nitrogens with one attached hydrogen (secondary N) is 1. The molecule has 0 bridgehead atoms. The standard InChI is InChI=1S/C14H22N2O4/c1-10-13(11(2)20-16-10)14(17)15-6-4-7-18-9-12-5-3-8-19-12/h12H,3-9H2,1-2H3,(H,15,17). The van der Waals surface area contributed by atoms with Crippen molar-refractivity contribution in [1.82, 2.24) is 10.5 Å². The summed E-state index contributed by atoms with van der Waals surface area (Å²) in [7, 11) is 0. The van der Waals surface area contributed by atoms with Crippen molar-refractivity contribution in [2.75, 3.05) is 26.4 Å². The highest BCUT2D eigenvalue weighted by molar-refractivity contribution is 5.96. The fourth-order valence-electron chi connectivity index (χ4n) is 2.26. The molecular weight excluding hydrogens is 260 g/mol. The van der Waals surface area contributed by atoms with Gasteiger partial charge in [0, 0.05) is 19.8 Å². The van der Waals surface area contributed by atoms with E-state index in [0.29, 0.717) is 36.8 Å². The first-order valence-electron chi connectivity index (χ1n) is 7.09. The minimum Gasteiger partial charge on any atom is -0.379 e. The molecule has 1 aliphatic heterocycles. The molecule has 1 aromatic rings. The minimum atomic E-state index is -0.139. The smallest absolute Gasteiger partial charge is 0.256 e. The fourth-order valence-corrected chi connectivity index (χ4v) is 2.26. The van der Waals surface area contributed by atoms with E-state index in [1.807, 2.05) is 0 Å². The second-order valence-corrected chi connectivity index (χ2v) is 5.02. The van der Waals surface area contributed by atoms with Crippen molar-refractivity contribution in [3.05, 3.63) is 17.0 Å². The number of carbonyl (C=O) groups is 1. The van der Waals surface area contributed by atoms with Crippen molar-refractivity contribution in [3.63, 3.8) is 0 Å². The van der Waals surface area contributed by atoms with Gasteiger partial charge in [0.15, 0.2) is 0 Å². The summed E-state index contributed by atoms with van der Waals surface area (Å²) in [6.07, 6.45) is 3.25. The SMILES string of the molecule is Cc1noc(C)c1C(=O)NCCCOCC1CCCO1. The molecule has 1 aliphatic rings. The second-order valence-electron chi connectivity index (χ2n) is 5.02. The molecule has 0 saturated carbocycles. The van der Waals surface area contributed by atoms with E-state index in [4.69, 9.17) is 14.0 Å². The van der Waals surface area contributed by atoms with Crippen LogP contribution in [0, 0.1) is 13.8 Å². The van der Waals surface area contributed by atoms with E-state index in [1.54, 1.807) is 13.8 Å². The molecule has 2 rings (SSSR count). The molecule has 1 unspecified atom stereocenters. The Balaban J connectivity index is 1.57. The van der Waals surface area contributed by atoms with E-state index in [0.717, 1.165) is 25.9 Å². The molecule has 1 N–H and O–H groups in total. The third kappa shape index (κ3) is 4.05. The molecule has 2 heterocycles. The Bertz CT molecular complexity index is 419. The Morgan fingerprint density at radius 1 is 1.50 bits per heavy atom. The maximum Gasteiger partial charge on any atom is 0.256 e. The van der Waals surface area contributed by atoms with Crippen LogP contribution < -0.4 is 5.32 Å². The van der Waals surface area contributed by atoms with Gasteiger partial charge in [0.2, 0.25) is 0 Å². The molecule has 1 amide bonds. The number of carbonyl (C=O) groups excluding carboxylic acids is 1. The van der Waals surface area contributed by atoms with Gasteiger partial charge in [0.05, 0.1) is 18.4 Å². The van der Waals surface area contributed by atoms with Crippen LogP contribution >= 0.6 is 0 Å². The van der Waals surface area contributed by atoms with Gasteiger partial charge >= 0.3 is 0 Å². The predicted molar refractivity (Wildman–Crippen MR) is 72.7 cm³/mol. The summed E-state index contributed by atoms with van der Waals surface area (Å²) in [5, 5.41) is 6.61. The molecule has 1 fully saturated rings. The number of amides is 1. The average molecular weight is 282 g/mol. The van der Waals surface area contributed by atoms with Gasteiger partial charge in [-0.3, -0.25) is 4.79 Å². The number of nitrogens with zero attached hydrogens (tertiary/aromatic N) is 1. The molecule has 0 aromatic carbocycles. The highest BCUT2D eigenvalue weighted by Crippen LogP contribution is 2.12. The van der Waals surface area contributed by atoms with E-state index in [9.17, 15) is 4.79 Å². The van der Waals surface area contributed by atoms with E-state index >= 15 is 0 Å². The monoisotopic (exact) mass is 282 g/mol. The molecule has 0 radical (unpaired) electrons.